The Morgan fingerprint density at radius 1 is 1.12 bits per heavy atom. The largest absolute Gasteiger partial charge is 0.337 e. The van der Waals surface area contributed by atoms with Gasteiger partial charge in [0, 0.05) is 12.1 Å². The predicted octanol–water partition coefficient (Wildman–Crippen LogP) is 3.54. The highest BCUT2D eigenvalue weighted by atomic mass is 19.1. The number of benzene rings is 2. The molecule has 2 aromatic carbocycles. The van der Waals surface area contributed by atoms with Crippen LogP contribution in [0.1, 0.15) is 23.2 Å². The molecule has 0 radical (unpaired) electrons. The Kier molecular flexibility index (Phi) is 4.65. The fourth-order valence-electron chi connectivity index (χ4n) is 2.32. The van der Waals surface area contributed by atoms with Crippen molar-refractivity contribution in [2.24, 2.45) is 0 Å². The summed E-state index contributed by atoms with van der Waals surface area (Å²) in [7, 11) is 0. The molecule has 1 aromatic heterocycles. The van der Waals surface area contributed by atoms with Crippen molar-refractivity contribution in [3.8, 4) is 11.4 Å². The standard InChI is InChI=1S/C18H16FN3O2/c1-2-22(18(23)14-10-6-7-11-15(14)19)12-16-20-17(21-24-16)13-8-4-3-5-9-13/h3-11H,2,12H2,1H3. The summed E-state index contributed by atoms with van der Waals surface area (Å²) in [5.74, 6) is -0.188. The Morgan fingerprint density at radius 2 is 1.83 bits per heavy atom. The highest BCUT2D eigenvalue weighted by Crippen LogP contribution is 2.17. The van der Waals surface area contributed by atoms with Crippen molar-refractivity contribution in [3.05, 3.63) is 71.9 Å². The summed E-state index contributed by atoms with van der Waals surface area (Å²) in [6.07, 6.45) is 0. The first kappa shape index (κ1) is 15.9. The van der Waals surface area contributed by atoms with Gasteiger partial charge in [0.2, 0.25) is 11.7 Å². The minimum Gasteiger partial charge on any atom is -0.337 e. The van der Waals surface area contributed by atoms with E-state index < -0.39 is 11.7 Å². The lowest BCUT2D eigenvalue weighted by atomic mass is 10.2. The molecule has 0 aliphatic carbocycles. The molecule has 0 aliphatic rings. The van der Waals surface area contributed by atoms with E-state index in [0.717, 1.165) is 5.56 Å². The molecule has 0 N–H and O–H groups in total. The number of hydrogen-bond acceptors (Lipinski definition) is 4. The average molecular weight is 325 g/mol. The number of amides is 1. The van der Waals surface area contributed by atoms with Crippen LogP contribution in [0.15, 0.2) is 59.1 Å². The molecule has 6 heteroatoms. The van der Waals surface area contributed by atoms with Crippen LogP contribution in [0.5, 0.6) is 0 Å². The summed E-state index contributed by atoms with van der Waals surface area (Å²) >= 11 is 0. The molecule has 24 heavy (non-hydrogen) atoms. The van der Waals surface area contributed by atoms with Gasteiger partial charge in [-0.25, -0.2) is 4.39 Å². The van der Waals surface area contributed by atoms with E-state index in [1.807, 2.05) is 37.3 Å². The van der Waals surface area contributed by atoms with Crippen molar-refractivity contribution in [3.63, 3.8) is 0 Å². The van der Waals surface area contributed by atoms with Gasteiger partial charge in [-0.15, -0.1) is 0 Å². The monoisotopic (exact) mass is 325 g/mol. The molecule has 1 heterocycles. The third kappa shape index (κ3) is 3.32. The van der Waals surface area contributed by atoms with Crippen molar-refractivity contribution in [2.45, 2.75) is 13.5 Å². The predicted molar refractivity (Wildman–Crippen MR) is 86.5 cm³/mol. The number of nitrogens with zero attached hydrogens (tertiary/aromatic N) is 3. The molecule has 3 rings (SSSR count). The summed E-state index contributed by atoms with van der Waals surface area (Å²) in [5.41, 5.74) is 0.859. The van der Waals surface area contributed by atoms with E-state index >= 15 is 0 Å². The van der Waals surface area contributed by atoms with Gasteiger partial charge in [0.1, 0.15) is 12.4 Å². The quantitative estimate of drug-likeness (QED) is 0.720. The van der Waals surface area contributed by atoms with E-state index in [4.69, 9.17) is 4.52 Å². The van der Waals surface area contributed by atoms with Crippen LogP contribution in [-0.2, 0) is 6.54 Å². The van der Waals surface area contributed by atoms with Crippen molar-refractivity contribution in [1.82, 2.24) is 15.0 Å². The van der Waals surface area contributed by atoms with E-state index in [2.05, 4.69) is 10.1 Å². The van der Waals surface area contributed by atoms with Crippen LogP contribution < -0.4 is 0 Å². The van der Waals surface area contributed by atoms with E-state index in [1.54, 1.807) is 12.1 Å². The van der Waals surface area contributed by atoms with Crippen LogP contribution in [-0.4, -0.2) is 27.5 Å². The SMILES string of the molecule is CCN(Cc1nc(-c2ccccc2)no1)C(=O)c1ccccc1F. The molecule has 0 unspecified atom stereocenters. The van der Waals surface area contributed by atoms with Gasteiger partial charge in [-0.05, 0) is 19.1 Å². The maximum atomic E-state index is 13.8. The normalized spacial score (nSPS) is 10.6. The van der Waals surface area contributed by atoms with Gasteiger partial charge in [0.05, 0.1) is 5.56 Å². The maximum Gasteiger partial charge on any atom is 0.257 e. The summed E-state index contributed by atoms with van der Waals surface area (Å²) in [6, 6.07) is 15.3. The number of halogens is 1. The molecule has 0 saturated heterocycles. The maximum absolute atomic E-state index is 13.8. The van der Waals surface area contributed by atoms with Crippen molar-refractivity contribution in [1.29, 1.82) is 0 Å². The third-order valence-corrected chi connectivity index (χ3v) is 3.60. The van der Waals surface area contributed by atoms with Crippen LogP contribution in [0.4, 0.5) is 4.39 Å². The smallest absolute Gasteiger partial charge is 0.257 e. The first-order valence-corrected chi connectivity index (χ1v) is 7.61. The summed E-state index contributed by atoms with van der Waals surface area (Å²) < 4.78 is 19.0. The Balaban J connectivity index is 1.78. The molecule has 3 aromatic rings. The molecular weight excluding hydrogens is 309 g/mol. The molecule has 0 aliphatic heterocycles. The Hall–Kier alpha value is -3.02. The van der Waals surface area contributed by atoms with Crippen LogP contribution >= 0.6 is 0 Å². The van der Waals surface area contributed by atoms with Crippen molar-refractivity contribution in [2.75, 3.05) is 6.54 Å². The number of carbonyl (C=O) groups is 1. The van der Waals surface area contributed by atoms with E-state index in [0.29, 0.717) is 18.3 Å². The summed E-state index contributed by atoms with van der Waals surface area (Å²) in [6.45, 7) is 2.34. The summed E-state index contributed by atoms with van der Waals surface area (Å²) in [5, 5.41) is 3.93. The molecule has 0 spiro atoms. The van der Waals surface area contributed by atoms with Crippen LogP contribution in [0.3, 0.4) is 0 Å². The zero-order valence-corrected chi connectivity index (χ0v) is 13.1. The molecule has 5 nitrogen and oxygen atoms in total. The highest BCUT2D eigenvalue weighted by molar-refractivity contribution is 5.94. The number of carbonyl (C=O) groups excluding carboxylic acids is 1. The van der Waals surface area contributed by atoms with Gasteiger partial charge in [-0.1, -0.05) is 47.6 Å². The van der Waals surface area contributed by atoms with Gasteiger partial charge >= 0.3 is 0 Å². The second-order valence-electron chi connectivity index (χ2n) is 5.18. The zero-order chi connectivity index (χ0) is 16.9. The second-order valence-corrected chi connectivity index (χ2v) is 5.18. The van der Waals surface area contributed by atoms with Crippen LogP contribution in [0.2, 0.25) is 0 Å². The van der Waals surface area contributed by atoms with Crippen molar-refractivity contribution < 1.29 is 13.7 Å². The van der Waals surface area contributed by atoms with Gasteiger partial charge in [-0.2, -0.15) is 4.98 Å². The Morgan fingerprint density at radius 3 is 2.54 bits per heavy atom. The van der Waals surface area contributed by atoms with Gasteiger partial charge in [0.15, 0.2) is 0 Å². The van der Waals surface area contributed by atoms with Crippen LogP contribution in [0, 0.1) is 5.82 Å². The van der Waals surface area contributed by atoms with E-state index in [1.165, 1.54) is 17.0 Å². The number of rotatable bonds is 5. The Bertz CT molecular complexity index is 833. The lowest BCUT2D eigenvalue weighted by Gasteiger charge is -2.19. The first-order valence-electron chi connectivity index (χ1n) is 7.61. The molecule has 0 saturated carbocycles. The first-order chi connectivity index (χ1) is 11.7. The second kappa shape index (κ2) is 7.04. The van der Waals surface area contributed by atoms with Gasteiger partial charge in [-0.3, -0.25) is 4.79 Å². The zero-order valence-electron chi connectivity index (χ0n) is 13.1. The molecule has 0 atom stereocenters. The lowest BCUT2D eigenvalue weighted by molar-refractivity contribution is 0.0730. The van der Waals surface area contributed by atoms with Crippen LogP contribution in [0.25, 0.3) is 11.4 Å². The van der Waals surface area contributed by atoms with Gasteiger partial charge < -0.3 is 9.42 Å². The fraction of sp³-hybridized carbons (Fsp3) is 0.167. The molecule has 122 valence electrons. The van der Waals surface area contributed by atoms with E-state index in [9.17, 15) is 9.18 Å². The minimum absolute atomic E-state index is 0.0298. The molecule has 0 bridgehead atoms. The molecule has 1 amide bonds. The number of hydrogen-bond donors (Lipinski definition) is 0. The third-order valence-electron chi connectivity index (χ3n) is 3.60. The molecular formula is C18H16FN3O2. The highest BCUT2D eigenvalue weighted by Gasteiger charge is 2.20. The van der Waals surface area contributed by atoms with Crippen molar-refractivity contribution >= 4 is 5.91 Å². The fourth-order valence-corrected chi connectivity index (χ4v) is 2.32. The van der Waals surface area contributed by atoms with E-state index in [-0.39, 0.29) is 12.1 Å². The summed E-state index contributed by atoms with van der Waals surface area (Å²) in [4.78, 5) is 18.2. The topological polar surface area (TPSA) is 59.2 Å². The lowest BCUT2D eigenvalue weighted by Crippen LogP contribution is -2.31. The average Bonchev–Trinajstić information content (AvgIpc) is 3.09. The van der Waals surface area contributed by atoms with Gasteiger partial charge in [0.25, 0.3) is 5.91 Å². The minimum atomic E-state index is -0.545. The Labute approximate surface area is 138 Å². The molecule has 0 fully saturated rings. The number of aromatic nitrogens is 2.